The van der Waals surface area contributed by atoms with Crippen LogP contribution < -0.4 is 0 Å². The Kier molecular flexibility index (Phi) is 3.82. The lowest BCUT2D eigenvalue weighted by molar-refractivity contribution is -0.105. The Labute approximate surface area is 76.9 Å². The zero-order valence-electron chi connectivity index (χ0n) is 7.27. The summed E-state index contributed by atoms with van der Waals surface area (Å²) in [4.78, 5) is 24.9. The van der Waals surface area contributed by atoms with Crippen molar-refractivity contribution in [1.82, 2.24) is 0 Å². The van der Waals surface area contributed by atoms with E-state index < -0.39 is 0 Å². The zero-order chi connectivity index (χ0) is 9.52. The van der Waals surface area contributed by atoms with E-state index in [1.807, 2.05) is 0 Å². The molecule has 0 amide bonds. The number of nitrogens with zero attached hydrogens (tertiary/aromatic N) is 1. The van der Waals surface area contributed by atoms with Gasteiger partial charge in [0.2, 0.25) is 0 Å². The first-order valence-electron chi connectivity index (χ1n) is 4.20. The summed E-state index contributed by atoms with van der Waals surface area (Å²) in [6.07, 6.45) is 8.88. The summed E-state index contributed by atoms with van der Waals surface area (Å²) in [5, 5.41) is 0. The lowest BCUT2D eigenvalue weighted by Crippen LogP contribution is -1.84. The van der Waals surface area contributed by atoms with Gasteiger partial charge in [-0.25, -0.2) is 0 Å². The van der Waals surface area contributed by atoms with Crippen LogP contribution in [0.5, 0.6) is 0 Å². The molecule has 13 heavy (non-hydrogen) atoms. The molecular weight excluding hydrogens is 166 g/mol. The Morgan fingerprint density at radius 2 is 2.08 bits per heavy atom. The maximum atomic E-state index is 10.5. The number of hydrogen-bond acceptors (Lipinski definition) is 3. The van der Waals surface area contributed by atoms with Gasteiger partial charge in [0.15, 0.2) is 6.29 Å². The van der Waals surface area contributed by atoms with Crippen LogP contribution in [0.25, 0.3) is 0 Å². The highest BCUT2D eigenvalue weighted by molar-refractivity contribution is 5.79. The van der Waals surface area contributed by atoms with Crippen molar-refractivity contribution in [2.24, 2.45) is 4.99 Å². The van der Waals surface area contributed by atoms with Crippen molar-refractivity contribution < 1.29 is 9.59 Å². The lowest BCUT2D eigenvalue weighted by atomic mass is 10.1. The number of aldehydes is 2. The van der Waals surface area contributed by atoms with Gasteiger partial charge in [-0.05, 0) is 30.9 Å². The SMILES string of the molecule is O=CC1=C/C=C(/C=O)CCC/C=N\1. The molecule has 0 aromatic carbocycles. The van der Waals surface area contributed by atoms with Crippen LogP contribution in [-0.2, 0) is 9.59 Å². The minimum Gasteiger partial charge on any atom is -0.298 e. The first kappa shape index (κ1) is 9.58. The van der Waals surface area contributed by atoms with Crippen LogP contribution in [0.15, 0.2) is 28.4 Å². The van der Waals surface area contributed by atoms with E-state index in [1.54, 1.807) is 18.4 Å². The molecular formula is C10H11NO2. The Hall–Kier alpha value is -1.51. The van der Waals surface area contributed by atoms with E-state index in [-0.39, 0.29) is 0 Å². The normalized spacial score (nSPS) is 28.0. The maximum Gasteiger partial charge on any atom is 0.168 e. The van der Waals surface area contributed by atoms with E-state index >= 15 is 0 Å². The largest absolute Gasteiger partial charge is 0.298 e. The first-order valence-corrected chi connectivity index (χ1v) is 4.20. The Balaban J connectivity index is 2.87. The van der Waals surface area contributed by atoms with Crippen LogP contribution >= 0.6 is 0 Å². The predicted octanol–water partition coefficient (Wildman–Crippen LogP) is 1.45. The van der Waals surface area contributed by atoms with Crippen LogP contribution in [0.1, 0.15) is 19.3 Å². The molecule has 0 fully saturated rings. The van der Waals surface area contributed by atoms with E-state index in [1.165, 1.54) is 0 Å². The molecule has 0 bridgehead atoms. The standard InChI is InChI=1S/C10H11NO2/c12-7-9-3-1-2-6-11-10(8-13)5-4-9/h4-8H,1-3H2/b9-4+,10-5-,11-6-. The van der Waals surface area contributed by atoms with Crippen molar-refractivity contribution in [1.29, 1.82) is 0 Å². The summed E-state index contributed by atoms with van der Waals surface area (Å²) in [5.74, 6) is 0. The number of aliphatic imine (C=N–C) groups is 1. The quantitative estimate of drug-likeness (QED) is 0.599. The molecule has 0 aromatic rings. The zero-order valence-corrected chi connectivity index (χ0v) is 7.27. The number of allylic oxidation sites excluding steroid dienone is 4. The minimum absolute atomic E-state index is 0.362. The molecule has 0 unspecified atom stereocenters. The number of hydrogen-bond donors (Lipinski definition) is 0. The highest BCUT2D eigenvalue weighted by atomic mass is 16.1. The van der Waals surface area contributed by atoms with Crippen LogP contribution in [0, 0.1) is 0 Å². The van der Waals surface area contributed by atoms with E-state index in [9.17, 15) is 9.59 Å². The molecule has 0 aliphatic carbocycles. The second-order valence-electron chi connectivity index (χ2n) is 2.77. The van der Waals surface area contributed by atoms with Gasteiger partial charge in [0, 0.05) is 6.21 Å². The Morgan fingerprint density at radius 1 is 1.23 bits per heavy atom. The molecule has 3 nitrogen and oxygen atoms in total. The van der Waals surface area contributed by atoms with Gasteiger partial charge in [0.25, 0.3) is 0 Å². The lowest BCUT2D eigenvalue weighted by Gasteiger charge is -1.93. The second-order valence-corrected chi connectivity index (χ2v) is 2.77. The molecule has 0 aromatic heterocycles. The van der Waals surface area contributed by atoms with E-state index in [2.05, 4.69) is 4.99 Å². The topological polar surface area (TPSA) is 46.5 Å². The van der Waals surface area contributed by atoms with E-state index in [4.69, 9.17) is 0 Å². The summed E-state index contributed by atoms with van der Waals surface area (Å²) < 4.78 is 0. The molecule has 1 heterocycles. The number of carbonyl (C=O) groups excluding carboxylic acids is 2. The fraction of sp³-hybridized carbons (Fsp3) is 0.300. The highest BCUT2D eigenvalue weighted by Gasteiger charge is 1.97. The van der Waals surface area contributed by atoms with Gasteiger partial charge in [-0.2, -0.15) is 0 Å². The molecule has 3 heteroatoms. The fourth-order valence-electron chi connectivity index (χ4n) is 1.05. The smallest absolute Gasteiger partial charge is 0.168 e. The minimum atomic E-state index is 0.362. The molecule has 0 N–H and O–H groups in total. The van der Waals surface area contributed by atoms with Gasteiger partial charge in [-0.15, -0.1) is 0 Å². The molecule has 1 rings (SSSR count). The van der Waals surface area contributed by atoms with Crippen molar-refractivity contribution in [3.63, 3.8) is 0 Å². The van der Waals surface area contributed by atoms with Crippen molar-refractivity contribution in [2.75, 3.05) is 0 Å². The van der Waals surface area contributed by atoms with Crippen molar-refractivity contribution in [3.8, 4) is 0 Å². The summed E-state index contributed by atoms with van der Waals surface area (Å²) in [7, 11) is 0. The van der Waals surface area contributed by atoms with Gasteiger partial charge in [-0.3, -0.25) is 14.6 Å². The monoisotopic (exact) mass is 177 g/mol. The molecule has 0 spiro atoms. The predicted molar refractivity (Wildman–Crippen MR) is 50.6 cm³/mol. The Bertz CT molecular complexity index is 287. The molecule has 1 aliphatic rings. The molecule has 0 saturated carbocycles. The van der Waals surface area contributed by atoms with Gasteiger partial charge < -0.3 is 0 Å². The van der Waals surface area contributed by atoms with Crippen LogP contribution in [0.4, 0.5) is 0 Å². The van der Waals surface area contributed by atoms with Crippen molar-refractivity contribution >= 4 is 18.8 Å². The van der Waals surface area contributed by atoms with Gasteiger partial charge in [0.05, 0.1) is 0 Å². The van der Waals surface area contributed by atoms with E-state index in [0.29, 0.717) is 17.6 Å². The fourth-order valence-corrected chi connectivity index (χ4v) is 1.05. The molecule has 0 atom stereocenters. The third-order valence-corrected chi connectivity index (χ3v) is 1.78. The summed E-state index contributed by atoms with van der Waals surface area (Å²) >= 11 is 0. The third kappa shape index (κ3) is 3.15. The highest BCUT2D eigenvalue weighted by Crippen LogP contribution is 2.07. The van der Waals surface area contributed by atoms with Crippen LogP contribution in [0.2, 0.25) is 0 Å². The number of carbonyl (C=O) groups is 2. The van der Waals surface area contributed by atoms with Gasteiger partial charge in [0.1, 0.15) is 12.0 Å². The second kappa shape index (κ2) is 5.19. The van der Waals surface area contributed by atoms with Crippen molar-refractivity contribution in [2.45, 2.75) is 19.3 Å². The van der Waals surface area contributed by atoms with Crippen molar-refractivity contribution in [3.05, 3.63) is 23.4 Å². The number of rotatable bonds is 2. The Morgan fingerprint density at radius 3 is 2.77 bits per heavy atom. The molecule has 1 aliphatic heterocycles. The molecule has 68 valence electrons. The van der Waals surface area contributed by atoms with Gasteiger partial charge >= 0.3 is 0 Å². The summed E-state index contributed by atoms with van der Waals surface area (Å²) in [6.45, 7) is 0. The average molecular weight is 177 g/mol. The third-order valence-electron chi connectivity index (χ3n) is 1.78. The molecule has 0 radical (unpaired) electrons. The summed E-state index contributed by atoms with van der Waals surface area (Å²) in [6, 6.07) is 0. The average Bonchev–Trinajstić information content (AvgIpc) is 2.28. The van der Waals surface area contributed by atoms with Crippen LogP contribution in [0.3, 0.4) is 0 Å². The van der Waals surface area contributed by atoms with Gasteiger partial charge in [-0.1, -0.05) is 6.08 Å². The summed E-state index contributed by atoms with van der Waals surface area (Å²) in [5.41, 5.74) is 1.08. The maximum absolute atomic E-state index is 10.5. The van der Waals surface area contributed by atoms with Crippen LogP contribution in [-0.4, -0.2) is 18.8 Å². The first-order chi connectivity index (χ1) is 6.36. The molecule has 0 saturated heterocycles. The van der Waals surface area contributed by atoms with E-state index in [0.717, 1.165) is 25.5 Å².